The van der Waals surface area contributed by atoms with Crippen LogP contribution in [0, 0.1) is 0 Å². The Morgan fingerprint density at radius 3 is 2.89 bits per heavy atom. The second-order valence-corrected chi connectivity index (χ2v) is 5.51. The van der Waals surface area contributed by atoms with E-state index in [4.69, 9.17) is 4.74 Å². The van der Waals surface area contributed by atoms with E-state index in [1.165, 1.54) is 11.3 Å². The molecule has 102 valence electrons. The number of carbonyl (C=O) groups is 1. The third-order valence-electron chi connectivity index (χ3n) is 2.50. The van der Waals surface area contributed by atoms with E-state index in [1.807, 2.05) is 5.38 Å². The number of hydrogen-bond acceptors (Lipinski definition) is 7. The first-order chi connectivity index (χ1) is 9.26. The van der Waals surface area contributed by atoms with Gasteiger partial charge < -0.3 is 10.1 Å². The van der Waals surface area contributed by atoms with Gasteiger partial charge in [-0.15, -0.1) is 22.7 Å². The molecular weight excluding hydrogens is 282 g/mol. The van der Waals surface area contributed by atoms with Gasteiger partial charge in [0.25, 0.3) is 0 Å². The van der Waals surface area contributed by atoms with Crippen LogP contribution in [0.3, 0.4) is 0 Å². The van der Waals surface area contributed by atoms with E-state index in [0.717, 1.165) is 16.4 Å². The summed E-state index contributed by atoms with van der Waals surface area (Å²) < 4.78 is 4.99. The Morgan fingerprint density at radius 1 is 1.42 bits per heavy atom. The molecule has 0 saturated carbocycles. The minimum atomic E-state index is -0.389. The van der Waals surface area contributed by atoms with Crippen molar-refractivity contribution in [2.45, 2.75) is 26.3 Å². The zero-order valence-corrected chi connectivity index (χ0v) is 12.4. The fraction of sp³-hybridized carbons (Fsp3) is 0.417. The summed E-state index contributed by atoms with van der Waals surface area (Å²) in [7, 11) is 0. The number of ether oxygens (including phenoxy) is 1. The van der Waals surface area contributed by atoms with Gasteiger partial charge in [-0.25, -0.2) is 14.8 Å². The highest BCUT2D eigenvalue weighted by Gasteiger charge is 2.20. The van der Waals surface area contributed by atoms with Crippen LogP contribution < -0.4 is 5.32 Å². The minimum Gasteiger partial charge on any atom is -0.461 e. The Kier molecular flexibility index (Phi) is 4.86. The van der Waals surface area contributed by atoms with Crippen molar-refractivity contribution in [2.75, 3.05) is 11.9 Å². The van der Waals surface area contributed by atoms with Crippen LogP contribution >= 0.6 is 22.7 Å². The molecule has 2 aromatic heterocycles. The summed E-state index contributed by atoms with van der Waals surface area (Å²) in [6, 6.07) is 0.0913. The lowest BCUT2D eigenvalue weighted by Crippen LogP contribution is -2.13. The average Bonchev–Trinajstić information content (AvgIpc) is 3.07. The highest BCUT2D eigenvalue weighted by atomic mass is 32.1. The molecule has 1 N–H and O–H groups in total. The number of anilines is 1. The van der Waals surface area contributed by atoms with Gasteiger partial charge >= 0.3 is 5.97 Å². The van der Waals surface area contributed by atoms with Crippen molar-refractivity contribution in [2.24, 2.45) is 0 Å². The Hall–Kier alpha value is -1.47. The monoisotopic (exact) mass is 297 g/mol. The second kappa shape index (κ2) is 6.63. The molecule has 19 heavy (non-hydrogen) atoms. The first kappa shape index (κ1) is 14.0. The molecule has 0 amide bonds. The molecule has 7 heteroatoms. The van der Waals surface area contributed by atoms with Gasteiger partial charge in [-0.05, 0) is 13.3 Å². The second-order valence-electron chi connectivity index (χ2n) is 3.73. The van der Waals surface area contributed by atoms with Crippen molar-refractivity contribution >= 4 is 33.6 Å². The molecule has 0 aliphatic heterocycles. The maximum atomic E-state index is 11.8. The number of esters is 1. The highest BCUT2D eigenvalue weighted by molar-refractivity contribution is 7.14. The van der Waals surface area contributed by atoms with Crippen molar-refractivity contribution in [1.82, 2.24) is 9.97 Å². The van der Waals surface area contributed by atoms with E-state index >= 15 is 0 Å². The standard InChI is InChI=1S/C12H15N3O2S2/c1-3-8(10-13-5-6-18-10)15-11-9(14-7-19-11)12(16)17-4-2/h5-8,15H,3-4H2,1-2H3. The van der Waals surface area contributed by atoms with E-state index in [9.17, 15) is 4.79 Å². The van der Waals surface area contributed by atoms with Crippen LogP contribution in [-0.2, 0) is 4.74 Å². The Labute approximate surface area is 119 Å². The molecule has 0 aliphatic rings. The highest BCUT2D eigenvalue weighted by Crippen LogP contribution is 2.29. The minimum absolute atomic E-state index is 0.0913. The molecule has 0 saturated heterocycles. The number of aromatic nitrogens is 2. The summed E-state index contributed by atoms with van der Waals surface area (Å²) in [5.41, 5.74) is 1.99. The topological polar surface area (TPSA) is 64.1 Å². The van der Waals surface area contributed by atoms with Crippen LogP contribution in [0.5, 0.6) is 0 Å². The van der Waals surface area contributed by atoms with Crippen LogP contribution in [0.4, 0.5) is 5.00 Å². The molecule has 0 fully saturated rings. The van der Waals surface area contributed by atoms with Gasteiger partial charge in [0.2, 0.25) is 0 Å². The molecule has 1 unspecified atom stereocenters. The quantitative estimate of drug-likeness (QED) is 0.828. The number of nitrogens with one attached hydrogen (secondary N) is 1. The van der Waals surface area contributed by atoms with Crippen LogP contribution in [0.15, 0.2) is 17.1 Å². The van der Waals surface area contributed by atoms with Gasteiger partial charge in [-0.1, -0.05) is 6.92 Å². The van der Waals surface area contributed by atoms with E-state index in [1.54, 1.807) is 30.0 Å². The number of thiazole rings is 2. The summed E-state index contributed by atoms with van der Waals surface area (Å²) in [5.74, 6) is -0.389. The zero-order chi connectivity index (χ0) is 13.7. The molecular formula is C12H15N3O2S2. The summed E-state index contributed by atoms with van der Waals surface area (Å²) >= 11 is 2.99. The molecule has 0 aromatic carbocycles. The van der Waals surface area contributed by atoms with Gasteiger partial charge in [0.1, 0.15) is 10.0 Å². The van der Waals surface area contributed by atoms with Gasteiger partial charge in [0.15, 0.2) is 5.69 Å². The first-order valence-electron chi connectivity index (χ1n) is 6.02. The lowest BCUT2D eigenvalue weighted by molar-refractivity contribution is 0.0521. The molecule has 5 nitrogen and oxygen atoms in total. The molecule has 2 heterocycles. The van der Waals surface area contributed by atoms with Gasteiger partial charge in [0, 0.05) is 11.6 Å². The first-order valence-corrected chi connectivity index (χ1v) is 7.78. The lowest BCUT2D eigenvalue weighted by atomic mass is 10.2. The summed E-state index contributed by atoms with van der Waals surface area (Å²) in [6.07, 6.45) is 2.66. The average molecular weight is 297 g/mol. The van der Waals surface area contributed by atoms with Crippen LogP contribution in [-0.4, -0.2) is 22.5 Å². The summed E-state index contributed by atoms with van der Waals surface area (Å²) in [4.78, 5) is 20.1. The van der Waals surface area contributed by atoms with Crippen molar-refractivity contribution in [3.05, 3.63) is 27.8 Å². The maximum absolute atomic E-state index is 11.8. The van der Waals surface area contributed by atoms with E-state index in [2.05, 4.69) is 22.2 Å². The smallest absolute Gasteiger partial charge is 0.360 e. The van der Waals surface area contributed by atoms with E-state index < -0.39 is 0 Å². The summed E-state index contributed by atoms with van der Waals surface area (Å²) in [5, 5.41) is 7.01. The fourth-order valence-electron chi connectivity index (χ4n) is 1.60. The SMILES string of the molecule is CCOC(=O)c1ncsc1NC(CC)c1nccs1. The summed E-state index contributed by atoms with van der Waals surface area (Å²) in [6.45, 7) is 4.20. The molecule has 2 rings (SSSR count). The van der Waals surface area contributed by atoms with Crippen molar-refractivity contribution in [3.63, 3.8) is 0 Å². The van der Waals surface area contributed by atoms with E-state index in [-0.39, 0.29) is 12.0 Å². The van der Waals surface area contributed by atoms with Crippen LogP contribution in [0.1, 0.15) is 41.8 Å². The third-order valence-corrected chi connectivity index (χ3v) is 4.15. The van der Waals surface area contributed by atoms with Crippen LogP contribution in [0.2, 0.25) is 0 Å². The molecule has 0 spiro atoms. The molecule has 0 aliphatic carbocycles. The van der Waals surface area contributed by atoms with Crippen molar-refractivity contribution in [3.8, 4) is 0 Å². The predicted octanol–water partition coefficient (Wildman–Crippen LogP) is 3.34. The zero-order valence-electron chi connectivity index (χ0n) is 10.8. The Bertz CT molecular complexity index is 525. The van der Waals surface area contributed by atoms with E-state index in [0.29, 0.717) is 12.3 Å². The largest absolute Gasteiger partial charge is 0.461 e. The predicted molar refractivity (Wildman–Crippen MR) is 76.8 cm³/mol. The molecule has 0 radical (unpaired) electrons. The van der Waals surface area contributed by atoms with Gasteiger partial charge in [0.05, 0.1) is 18.2 Å². The van der Waals surface area contributed by atoms with Gasteiger partial charge in [-0.2, -0.15) is 0 Å². The van der Waals surface area contributed by atoms with Crippen molar-refractivity contribution in [1.29, 1.82) is 0 Å². The number of hydrogen-bond donors (Lipinski definition) is 1. The third kappa shape index (κ3) is 3.30. The van der Waals surface area contributed by atoms with Gasteiger partial charge in [-0.3, -0.25) is 0 Å². The maximum Gasteiger partial charge on any atom is 0.360 e. The van der Waals surface area contributed by atoms with Crippen LogP contribution in [0.25, 0.3) is 0 Å². The normalized spacial score (nSPS) is 12.1. The number of nitrogens with zero attached hydrogens (tertiary/aromatic N) is 2. The Balaban J connectivity index is 2.14. The number of rotatable bonds is 6. The molecule has 1 atom stereocenters. The number of carbonyl (C=O) groups excluding carboxylic acids is 1. The lowest BCUT2D eigenvalue weighted by Gasteiger charge is -2.14. The Morgan fingerprint density at radius 2 is 2.26 bits per heavy atom. The molecule has 2 aromatic rings. The molecule has 0 bridgehead atoms. The fourth-order valence-corrected chi connectivity index (χ4v) is 3.09. The van der Waals surface area contributed by atoms with Crippen molar-refractivity contribution < 1.29 is 9.53 Å².